The second kappa shape index (κ2) is 7.81. The van der Waals surface area contributed by atoms with Gasteiger partial charge in [0.1, 0.15) is 0 Å². The molecule has 2 aromatic carbocycles. The molecule has 29 heavy (non-hydrogen) atoms. The van der Waals surface area contributed by atoms with Gasteiger partial charge in [0.15, 0.2) is 0 Å². The number of nitrogens with one attached hydrogen (secondary N) is 1. The highest BCUT2D eigenvalue weighted by Crippen LogP contribution is 2.24. The molecule has 0 spiro atoms. The van der Waals surface area contributed by atoms with Gasteiger partial charge >= 0.3 is 0 Å². The Hall–Kier alpha value is -2.97. The van der Waals surface area contributed by atoms with E-state index in [9.17, 15) is 8.42 Å². The van der Waals surface area contributed by atoms with Crippen LogP contribution in [-0.4, -0.2) is 41.9 Å². The molecular weight excluding hydrogens is 388 g/mol. The van der Waals surface area contributed by atoms with Crippen LogP contribution in [0.4, 0.5) is 5.95 Å². The van der Waals surface area contributed by atoms with Crippen molar-refractivity contribution in [2.24, 2.45) is 0 Å². The van der Waals surface area contributed by atoms with Crippen LogP contribution in [-0.2, 0) is 20.8 Å². The number of hydrogen-bond acceptors (Lipinski definition) is 6. The zero-order valence-electron chi connectivity index (χ0n) is 16.2. The fourth-order valence-electron chi connectivity index (χ4n) is 3.30. The highest BCUT2D eigenvalue weighted by Gasteiger charge is 2.15. The summed E-state index contributed by atoms with van der Waals surface area (Å²) in [6, 6.07) is 17.7. The number of aromatic nitrogens is 3. The van der Waals surface area contributed by atoms with Gasteiger partial charge in [0.2, 0.25) is 5.95 Å². The summed E-state index contributed by atoms with van der Waals surface area (Å²) in [7, 11) is -3.49. The number of hydrogen-bond donors (Lipinski definition) is 1. The van der Waals surface area contributed by atoms with Crippen molar-refractivity contribution in [3.05, 3.63) is 66.4 Å². The zero-order chi connectivity index (χ0) is 20.4. The summed E-state index contributed by atoms with van der Waals surface area (Å²) in [4.78, 5) is 9.25. The lowest BCUT2D eigenvalue weighted by molar-refractivity contribution is 0.308. The van der Waals surface area contributed by atoms with Crippen molar-refractivity contribution < 1.29 is 12.6 Å². The minimum Gasteiger partial charge on any atom is -0.351 e. The molecule has 4 aromatic rings. The molecule has 0 saturated heterocycles. The van der Waals surface area contributed by atoms with E-state index in [1.54, 1.807) is 6.20 Å². The van der Waals surface area contributed by atoms with Gasteiger partial charge < -0.3 is 9.88 Å². The minimum absolute atomic E-state index is 0.0257. The second-order valence-corrected chi connectivity index (χ2v) is 8.68. The van der Waals surface area contributed by atoms with Crippen LogP contribution in [0, 0.1) is 0 Å². The highest BCUT2D eigenvalue weighted by molar-refractivity contribution is 7.85. The summed E-state index contributed by atoms with van der Waals surface area (Å²) in [5.41, 5.74) is 3.88. The molecule has 150 valence electrons. The molecule has 7 nitrogen and oxygen atoms in total. The maximum atomic E-state index is 11.3. The number of pyridine rings is 1. The molecule has 1 N–H and O–H groups in total. The van der Waals surface area contributed by atoms with Crippen LogP contribution in [0.5, 0.6) is 0 Å². The van der Waals surface area contributed by atoms with Gasteiger partial charge in [0.05, 0.1) is 42.0 Å². The average molecular weight is 410 g/mol. The molecule has 0 amide bonds. The van der Waals surface area contributed by atoms with Gasteiger partial charge in [-0.15, -0.1) is 0 Å². The first-order chi connectivity index (χ1) is 13.9. The lowest BCUT2D eigenvalue weighted by Crippen LogP contribution is -2.25. The van der Waals surface area contributed by atoms with E-state index in [2.05, 4.69) is 20.9 Å². The molecule has 2 heterocycles. The Kier molecular flexibility index (Phi) is 5.21. The van der Waals surface area contributed by atoms with E-state index in [1.165, 1.54) is 0 Å². The predicted molar refractivity (Wildman–Crippen MR) is 114 cm³/mol. The van der Waals surface area contributed by atoms with E-state index in [0.717, 1.165) is 33.8 Å². The van der Waals surface area contributed by atoms with Crippen LogP contribution in [0.25, 0.3) is 21.9 Å². The van der Waals surface area contributed by atoms with Gasteiger partial charge in [-0.1, -0.05) is 36.4 Å². The Morgan fingerprint density at radius 1 is 1.10 bits per heavy atom. The van der Waals surface area contributed by atoms with Crippen molar-refractivity contribution in [2.45, 2.75) is 19.5 Å². The Labute approximate surface area is 169 Å². The predicted octanol–water partition coefficient (Wildman–Crippen LogP) is 3.41. The van der Waals surface area contributed by atoms with Crippen molar-refractivity contribution in [1.82, 2.24) is 14.5 Å². The lowest BCUT2D eigenvalue weighted by atomic mass is 10.1. The molecule has 0 aliphatic carbocycles. The van der Waals surface area contributed by atoms with Crippen molar-refractivity contribution in [1.29, 1.82) is 0 Å². The summed E-state index contributed by atoms with van der Waals surface area (Å²) in [6.45, 7) is 2.46. The molecule has 0 radical (unpaired) electrons. The minimum atomic E-state index is -3.49. The molecule has 0 aliphatic heterocycles. The standard InChI is InChI=1S/C21H22N4O3S/c1-15(14-28-29(2,26)27)23-21-24-18-10-3-4-11-19(18)25(21)13-17-8-5-7-16-9-6-12-22-20(16)17/h3-12,15H,13-14H2,1-2H3,(H,23,24). The molecule has 0 aliphatic rings. The van der Waals surface area contributed by atoms with Crippen LogP contribution >= 0.6 is 0 Å². The summed E-state index contributed by atoms with van der Waals surface area (Å²) in [5, 5.41) is 4.37. The van der Waals surface area contributed by atoms with E-state index in [0.29, 0.717) is 12.5 Å². The number of para-hydroxylation sites is 3. The van der Waals surface area contributed by atoms with Crippen molar-refractivity contribution in [2.75, 3.05) is 18.2 Å². The fourth-order valence-corrected chi connectivity index (χ4v) is 3.75. The van der Waals surface area contributed by atoms with Gasteiger partial charge in [-0.3, -0.25) is 9.17 Å². The maximum Gasteiger partial charge on any atom is 0.264 e. The highest BCUT2D eigenvalue weighted by atomic mass is 32.2. The molecule has 2 aromatic heterocycles. The lowest BCUT2D eigenvalue weighted by Gasteiger charge is -2.16. The Balaban J connectivity index is 1.70. The first-order valence-corrected chi connectivity index (χ1v) is 11.1. The monoisotopic (exact) mass is 410 g/mol. The van der Waals surface area contributed by atoms with Gasteiger partial charge in [-0.2, -0.15) is 8.42 Å². The van der Waals surface area contributed by atoms with E-state index in [4.69, 9.17) is 9.17 Å². The van der Waals surface area contributed by atoms with Gasteiger partial charge in [-0.25, -0.2) is 4.98 Å². The molecule has 0 fully saturated rings. The zero-order valence-corrected chi connectivity index (χ0v) is 17.1. The molecule has 0 bridgehead atoms. The van der Waals surface area contributed by atoms with Crippen molar-refractivity contribution >= 4 is 38.0 Å². The second-order valence-electron chi connectivity index (χ2n) is 7.04. The Morgan fingerprint density at radius 2 is 1.90 bits per heavy atom. The molecule has 1 unspecified atom stereocenters. The summed E-state index contributed by atoms with van der Waals surface area (Å²) in [5.74, 6) is 0.656. The number of anilines is 1. The van der Waals surface area contributed by atoms with Gasteiger partial charge in [-0.05, 0) is 30.7 Å². The first kappa shape index (κ1) is 19.4. The van der Waals surface area contributed by atoms with Gasteiger partial charge in [0, 0.05) is 11.6 Å². The number of imidazole rings is 1. The third kappa shape index (κ3) is 4.38. The summed E-state index contributed by atoms with van der Waals surface area (Å²) >= 11 is 0. The van der Waals surface area contributed by atoms with Crippen LogP contribution < -0.4 is 5.32 Å². The van der Waals surface area contributed by atoms with E-state index in [1.807, 2.05) is 55.5 Å². The van der Waals surface area contributed by atoms with Crippen molar-refractivity contribution in [3.63, 3.8) is 0 Å². The maximum absolute atomic E-state index is 11.3. The Bertz CT molecular complexity index is 1260. The third-order valence-corrected chi connectivity index (χ3v) is 5.17. The normalized spacial score (nSPS) is 13.0. The van der Waals surface area contributed by atoms with Crippen LogP contribution in [0.2, 0.25) is 0 Å². The summed E-state index contributed by atoms with van der Waals surface area (Å²) < 4.78 is 29.6. The van der Waals surface area contributed by atoms with Crippen LogP contribution in [0.3, 0.4) is 0 Å². The van der Waals surface area contributed by atoms with E-state index in [-0.39, 0.29) is 12.6 Å². The molecular formula is C21H22N4O3S. The molecule has 4 rings (SSSR count). The number of fused-ring (bicyclic) bond motifs is 2. The number of nitrogens with zero attached hydrogens (tertiary/aromatic N) is 3. The van der Waals surface area contributed by atoms with E-state index >= 15 is 0 Å². The first-order valence-electron chi connectivity index (χ1n) is 9.29. The van der Waals surface area contributed by atoms with Gasteiger partial charge in [0.25, 0.3) is 10.1 Å². The number of rotatable bonds is 7. The molecule has 8 heteroatoms. The Morgan fingerprint density at radius 3 is 2.72 bits per heavy atom. The molecule has 0 saturated carbocycles. The van der Waals surface area contributed by atoms with Crippen molar-refractivity contribution in [3.8, 4) is 0 Å². The SMILES string of the molecule is CC(COS(C)(=O)=O)Nc1nc2ccccc2n1Cc1cccc2cccnc12. The third-order valence-electron chi connectivity index (χ3n) is 4.61. The summed E-state index contributed by atoms with van der Waals surface area (Å²) in [6.07, 6.45) is 2.84. The largest absolute Gasteiger partial charge is 0.351 e. The fraction of sp³-hybridized carbons (Fsp3) is 0.238. The molecule has 1 atom stereocenters. The number of benzene rings is 2. The quantitative estimate of drug-likeness (QED) is 0.470. The smallest absolute Gasteiger partial charge is 0.264 e. The van der Waals surface area contributed by atoms with Crippen LogP contribution in [0.15, 0.2) is 60.8 Å². The average Bonchev–Trinajstić information content (AvgIpc) is 3.03. The van der Waals surface area contributed by atoms with Crippen LogP contribution in [0.1, 0.15) is 12.5 Å². The topological polar surface area (TPSA) is 86.1 Å². The van der Waals surface area contributed by atoms with E-state index < -0.39 is 10.1 Å².